The Morgan fingerprint density at radius 3 is 2.23 bits per heavy atom. The Balaban J connectivity index is 2.07. The van der Waals surface area contributed by atoms with E-state index in [1.54, 1.807) is 7.11 Å². The molecule has 4 rings (SSSR count). The number of hydrogen-bond acceptors (Lipinski definition) is 8. The molecule has 188 valence electrons. The molecular formula is C26H30O9. The highest BCUT2D eigenvalue weighted by Gasteiger charge is 2.41. The first-order valence-corrected chi connectivity index (χ1v) is 11.6. The summed E-state index contributed by atoms with van der Waals surface area (Å²) in [4.78, 5) is 24.4. The number of rotatable bonds is 6. The minimum Gasteiger partial charge on any atom is -0.493 e. The molecule has 35 heavy (non-hydrogen) atoms. The largest absolute Gasteiger partial charge is 0.513 e. The maximum Gasteiger partial charge on any atom is 0.513 e. The molecule has 9 heteroatoms. The van der Waals surface area contributed by atoms with Gasteiger partial charge in [-0.3, -0.25) is 4.79 Å². The molecule has 1 aliphatic heterocycles. The van der Waals surface area contributed by atoms with Gasteiger partial charge >= 0.3 is 12.1 Å². The lowest BCUT2D eigenvalue weighted by Crippen LogP contribution is -2.34. The fraction of sp³-hybridized carbons (Fsp3) is 0.462. The van der Waals surface area contributed by atoms with Crippen molar-refractivity contribution >= 4 is 12.1 Å². The summed E-state index contributed by atoms with van der Waals surface area (Å²) in [5.41, 5.74) is 3.33. The molecule has 1 aliphatic carbocycles. The maximum atomic E-state index is 13.1. The fourth-order valence-corrected chi connectivity index (χ4v) is 5.56. The standard InChI is InChI=1S/C26H30O9/c1-6-14-15(7-2)18(25(27)35-26(28)29)8-13-9-21(30-3)23(31-4)24(32-5)22(13)17-11-20-19(10-16(14)17)33-12-34-20/h9-11,14-15,18H,6-8,12H2,1-5H3,(H,28,29). The van der Waals surface area contributed by atoms with Crippen LogP contribution in [0.3, 0.4) is 0 Å². The third kappa shape index (κ3) is 4.19. The predicted octanol–water partition coefficient (Wildman–Crippen LogP) is 5.02. The lowest BCUT2D eigenvalue weighted by Gasteiger charge is -2.36. The SMILES string of the molecule is CCC1c2cc3c(cc2-c2c(cc(OC)c(OC)c2OC)CC(C(=O)OC(=O)O)C1CC)OCO3. The Kier molecular flexibility index (Phi) is 6.95. The van der Waals surface area contributed by atoms with Crippen molar-refractivity contribution < 1.29 is 43.1 Å². The molecule has 9 nitrogen and oxygen atoms in total. The van der Waals surface area contributed by atoms with Gasteiger partial charge in [0, 0.05) is 5.56 Å². The van der Waals surface area contributed by atoms with Gasteiger partial charge in [0.15, 0.2) is 23.0 Å². The highest BCUT2D eigenvalue weighted by atomic mass is 16.7. The van der Waals surface area contributed by atoms with Crippen molar-refractivity contribution in [2.75, 3.05) is 28.1 Å². The van der Waals surface area contributed by atoms with Gasteiger partial charge in [0.25, 0.3) is 0 Å². The smallest absolute Gasteiger partial charge is 0.493 e. The van der Waals surface area contributed by atoms with Crippen LogP contribution in [0.4, 0.5) is 4.79 Å². The summed E-state index contributed by atoms with van der Waals surface area (Å²) >= 11 is 0. The van der Waals surface area contributed by atoms with E-state index in [1.807, 2.05) is 25.1 Å². The first kappa shape index (κ1) is 24.5. The van der Waals surface area contributed by atoms with E-state index in [-0.39, 0.29) is 25.0 Å². The first-order valence-electron chi connectivity index (χ1n) is 11.6. The molecule has 2 aromatic carbocycles. The van der Waals surface area contributed by atoms with Gasteiger partial charge in [0.05, 0.1) is 27.2 Å². The predicted molar refractivity (Wildman–Crippen MR) is 126 cm³/mol. The van der Waals surface area contributed by atoms with Crippen LogP contribution in [0.1, 0.15) is 43.7 Å². The number of carbonyl (C=O) groups is 2. The summed E-state index contributed by atoms with van der Waals surface area (Å²) in [5, 5.41) is 9.18. The monoisotopic (exact) mass is 486 g/mol. The van der Waals surface area contributed by atoms with Crippen LogP contribution >= 0.6 is 0 Å². The van der Waals surface area contributed by atoms with Crippen LogP contribution in [0.25, 0.3) is 11.1 Å². The van der Waals surface area contributed by atoms with Crippen LogP contribution in [-0.4, -0.2) is 45.4 Å². The first-order chi connectivity index (χ1) is 16.9. The van der Waals surface area contributed by atoms with E-state index in [2.05, 4.69) is 6.92 Å². The molecule has 0 radical (unpaired) electrons. The van der Waals surface area contributed by atoms with Gasteiger partial charge < -0.3 is 33.5 Å². The molecule has 0 aromatic heterocycles. The number of ether oxygens (including phenoxy) is 6. The summed E-state index contributed by atoms with van der Waals surface area (Å²) < 4.78 is 33.1. The molecule has 1 heterocycles. The van der Waals surface area contributed by atoms with Crippen LogP contribution < -0.4 is 23.7 Å². The van der Waals surface area contributed by atoms with Crippen LogP contribution in [0.5, 0.6) is 28.7 Å². The lowest BCUT2D eigenvalue weighted by molar-refractivity contribution is -0.146. The summed E-state index contributed by atoms with van der Waals surface area (Å²) in [7, 11) is 4.60. The van der Waals surface area contributed by atoms with E-state index >= 15 is 0 Å². The normalized spacial score (nSPS) is 20.1. The topological polar surface area (TPSA) is 110 Å². The summed E-state index contributed by atoms with van der Waals surface area (Å²) in [6, 6.07) is 5.71. The highest BCUT2D eigenvalue weighted by Crippen LogP contribution is 2.55. The van der Waals surface area contributed by atoms with Crippen LogP contribution in [0, 0.1) is 11.8 Å². The maximum absolute atomic E-state index is 13.1. The average Bonchev–Trinajstić information content (AvgIpc) is 3.30. The minimum absolute atomic E-state index is 0.0817. The third-order valence-electron chi connectivity index (χ3n) is 7.00. The minimum atomic E-state index is -1.62. The second kappa shape index (κ2) is 9.93. The molecule has 0 saturated carbocycles. The molecule has 0 bridgehead atoms. The fourth-order valence-electron chi connectivity index (χ4n) is 5.56. The van der Waals surface area contributed by atoms with Gasteiger partial charge in [-0.25, -0.2) is 4.79 Å². The Labute approximate surface area is 203 Å². The van der Waals surface area contributed by atoms with Gasteiger partial charge in [-0.1, -0.05) is 20.3 Å². The lowest BCUT2D eigenvalue weighted by atomic mass is 9.68. The van der Waals surface area contributed by atoms with E-state index in [9.17, 15) is 14.7 Å². The van der Waals surface area contributed by atoms with E-state index in [0.717, 1.165) is 22.3 Å². The van der Waals surface area contributed by atoms with E-state index in [4.69, 9.17) is 28.4 Å². The zero-order valence-electron chi connectivity index (χ0n) is 20.5. The molecule has 2 aliphatic rings. The van der Waals surface area contributed by atoms with Gasteiger partial charge in [-0.15, -0.1) is 0 Å². The number of fused-ring (bicyclic) bond motifs is 4. The zero-order chi connectivity index (χ0) is 25.3. The average molecular weight is 487 g/mol. The van der Waals surface area contributed by atoms with Crippen LogP contribution in [0.15, 0.2) is 18.2 Å². The third-order valence-corrected chi connectivity index (χ3v) is 7.00. The molecule has 0 spiro atoms. The number of methoxy groups -OCH3 is 3. The zero-order valence-corrected chi connectivity index (χ0v) is 20.5. The number of carboxylic acid groups (broad SMARTS) is 1. The van der Waals surface area contributed by atoms with Gasteiger partial charge in [0.1, 0.15) is 0 Å². The van der Waals surface area contributed by atoms with E-state index in [1.165, 1.54) is 14.2 Å². The molecule has 1 N–H and O–H groups in total. The van der Waals surface area contributed by atoms with Crippen molar-refractivity contribution in [1.29, 1.82) is 0 Å². The van der Waals surface area contributed by atoms with E-state index < -0.39 is 18.0 Å². The van der Waals surface area contributed by atoms with E-state index in [0.29, 0.717) is 41.6 Å². The molecule has 0 saturated heterocycles. The van der Waals surface area contributed by atoms with Crippen LogP contribution in [-0.2, 0) is 16.0 Å². The van der Waals surface area contributed by atoms with Crippen molar-refractivity contribution in [3.8, 4) is 39.9 Å². The van der Waals surface area contributed by atoms with Gasteiger partial charge in [0.2, 0.25) is 12.5 Å². The second-order valence-corrected chi connectivity index (χ2v) is 8.56. The molecule has 0 amide bonds. The summed E-state index contributed by atoms with van der Waals surface area (Å²) in [5.74, 6) is 0.823. The van der Waals surface area contributed by atoms with Crippen molar-refractivity contribution in [3.63, 3.8) is 0 Å². The number of carbonyl (C=O) groups excluding carboxylic acids is 1. The molecule has 3 unspecified atom stereocenters. The van der Waals surface area contributed by atoms with Crippen molar-refractivity contribution in [1.82, 2.24) is 0 Å². The Morgan fingerprint density at radius 1 is 0.971 bits per heavy atom. The van der Waals surface area contributed by atoms with Gasteiger partial charge in [-0.05, 0) is 59.6 Å². The number of esters is 1. The van der Waals surface area contributed by atoms with Crippen molar-refractivity contribution in [3.05, 3.63) is 29.3 Å². The highest BCUT2D eigenvalue weighted by molar-refractivity contribution is 5.87. The van der Waals surface area contributed by atoms with Crippen LogP contribution in [0.2, 0.25) is 0 Å². The summed E-state index contributed by atoms with van der Waals surface area (Å²) in [6.07, 6.45) is -0.0201. The Hall–Kier alpha value is -3.62. The molecule has 2 aromatic rings. The van der Waals surface area contributed by atoms with Gasteiger partial charge in [-0.2, -0.15) is 0 Å². The Bertz CT molecular complexity index is 1140. The van der Waals surface area contributed by atoms with Crippen molar-refractivity contribution in [2.45, 2.75) is 39.0 Å². The Morgan fingerprint density at radius 2 is 1.66 bits per heavy atom. The molecule has 3 atom stereocenters. The number of hydrogen-bond donors (Lipinski definition) is 1. The molecule has 0 fully saturated rings. The molecular weight excluding hydrogens is 456 g/mol. The quantitative estimate of drug-likeness (QED) is 0.444. The number of benzene rings is 2. The summed E-state index contributed by atoms with van der Waals surface area (Å²) in [6.45, 7) is 4.17. The van der Waals surface area contributed by atoms with Crippen molar-refractivity contribution in [2.24, 2.45) is 11.8 Å². The second-order valence-electron chi connectivity index (χ2n) is 8.56.